The lowest BCUT2D eigenvalue weighted by Crippen LogP contribution is -2.50. The Morgan fingerprint density at radius 2 is 2.26 bits per heavy atom. The fourth-order valence-corrected chi connectivity index (χ4v) is 2.94. The largest absolute Gasteiger partial charge is 0.321 e. The van der Waals surface area contributed by atoms with Gasteiger partial charge in [-0.3, -0.25) is 9.48 Å². The molecular formula is C14H24N4O. The number of rotatable bonds is 4. The molecule has 1 unspecified atom stereocenters. The average Bonchev–Trinajstić information content (AvgIpc) is 2.92. The minimum atomic E-state index is -0.385. The Morgan fingerprint density at radius 1 is 1.53 bits per heavy atom. The summed E-state index contributed by atoms with van der Waals surface area (Å²) in [4.78, 5) is 12.6. The second-order valence-electron chi connectivity index (χ2n) is 5.49. The molecule has 5 nitrogen and oxygen atoms in total. The topological polar surface area (TPSA) is 59.0 Å². The number of amides is 1. The number of hydrogen-bond donors (Lipinski definition) is 2. The lowest BCUT2D eigenvalue weighted by molar-refractivity contribution is -0.122. The van der Waals surface area contributed by atoms with Crippen LogP contribution in [-0.4, -0.2) is 27.8 Å². The quantitative estimate of drug-likeness (QED) is 0.873. The summed E-state index contributed by atoms with van der Waals surface area (Å²) in [5.41, 5.74) is 2.34. The number of nitrogens with one attached hydrogen (secondary N) is 2. The van der Waals surface area contributed by atoms with Gasteiger partial charge < -0.3 is 10.6 Å². The summed E-state index contributed by atoms with van der Waals surface area (Å²) in [5.74, 6) is 0.0889. The van der Waals surface area contributed by atoms with Gasteiger partial charge in [0.05, 0.1) is 22.6 Å². The van der Waals surface area contributed by atoms with Crippen LogP contribution in [0.25, 0.3) is 0 Å². The molecule has 0 aromatic carbocycles. The molecule has 2 heterocycles. The lowest BCUT2D eigenvalue weighted by atomic mass is 9.90. The number of hydrogen-bond acceptors (Lipinski definition) is 3. The molecule has 2 N–H and O–H groups in total. The van der Waals surface area contributed by atoms with Gasteiger partial charge in [-0.1, -0.05) is 13.3 Å². The van der Waals surface area contributed by atoms with Crippen LogP contribution in [0.15, 0.2) is 0 Å². The van der Waals surface area contributed by atoms with E-state index in [9.17, 15) is 4.79 Å². The SMILES string of the molecule is CCCC1(C(=O)Nc2c(C)nn(C)c2C)CCCN1. The van der Waals surface area contributed by atoms with Crippen LogP contribution < -0.4 is 10.6 Å². The normalized spacial score (nSPS) is 22.7. The van der Waals surface area contributed by atoms with E-state index in [1.165, 1.54) is 0 Å². The summed E-state index contributed by atoms with van der Waals surface area (Å²) in [6.45, 7) is 6.95. The van der Waals surface area contributed by atoms with E-state index in [-0.39, 0.29) is 11.4 Å². The van der Waals surface area contributed by atoms with E-state index < -0.39 is 0 Å². The van der Waals surface area contributed by atoms with Gasteiger partial charge in [0.2, 0.25) is 5.91 Å². The second kappa shape index (κ2) is 5.33. The Morgan fingerprint density at radius 3 is 2.74 bits per heavy atom. The van der Waals surface area contributed by atoms with Crippen molar-refractivity contribution in [3.63, 3.8) is 0 Å². The molecule has 1 aliphatic heterocycles. The number of aryl methyl sites for hydroxylation is 2. The summed E-state index contributed by atoms with van der Waals surface area (Å²) >= 11 is 0. The van der Waals surface area contributed by atoms with Crippen molar-refractivity contribution < 1.29 is 4.79 Å². The van der Waals surface area contributed by atoms with Crippen LogP contribution in [0.2, 0.25) is 0 Å². The number of carbonyl (C=O) groups excluding carboxylic acids is 1. The van der Waals surface area contributed by atoms with Crippen LogP contribution in [0.4, 0.5) is 5.69 Å². The van der Waals surface area contributed by atoms with E-state index in [0.29, 0.717) is 0 Å². The van der Waals surface area contributed by atoms with Crippen molar-refractivity contribution in [2.24, 2.45) is 7.05 Å². The maximum absolute atomic E-state index is 12.6. The van der Waals surface area contributed by atoms with Gasteiger partial charge in [-0.15, -0.1) is 0 Å². The van der Waals surface area contributed by atoms with Gasteiger partial charge in [0.25, 0.3) is 0 Å². The summed E-state index contributed by atoms with van der Waals surface area (Å²) < 4.78 is 1.81. The van der Waals surface area contributed by atoms with Crippen molar-refractivity contribution in [2.45, 2.75) is 52.0 Å². The molecule has 5 heteroatoms. The molecule has 19 heavy (non-hydrogen) atoms. The van der Waals surface area contributed by atoms with Crippen LogP contribution >= 0.6 is 0 Å². The third-order valence-electron chi connectivity index (χ3n) is 4.10. The molecule has 1 aliphatic rings. The van der Waals surface area contributed by atoms with Crippen molar-refractivity contribution in [1.82, 2.24) is 15.1 Å². The fourth-order valence-electron chi connectivity index (χ4n) is 2.94. The smallest absolute Gasteiger partial charge is 0.244 e. The van der Waals surface area contributed by atoms with Crippen LogP contribution in [0.3, 0.4) is 0 Å². The standard InChI is InChI=1S/C14H24N4O/c1-5-7-14(8-6-9-15-14)13(19)16-12-10(2)17-18(4)11(12)3/h15H,5-9H2,1-4H3,(H,16,19). The van der Waals surface area contributed by atoms with E-state index in [2.05, 4.69) is 22.7 Å². The van der Waals surface area contributed by atoms with E-state index in [4.69, 9.17) is 0 Å². The highest BCUT2D eigenvalue weighted by molar-refractivity contribution is 5.99. The van der Waals surface area contributed by atoms with Gasteiger partial charge in [-0.05, 0) is 39.7 Å². The first kappa shape index (κ1) is 14.1. The maximum atomic E-state index is 12.6. The van der Waals surface area contributed by atoms with Crippen LogP contribution in [0.5, 0.6) is 0 Å². The molecule has 0 radical (unpaired) electrons. The van der Waals surface area contributed by atoms with E-state index in [1.54, 1.807) is 4.68 Å². The molecule has 106 valence electrons. The molecule has 1 fully saturated rings. The van der Waals surface area contributed by atoms with E-state index in [0.717, 1.165) is 49.3 Å². The van der Waals surface area contributed by atoms with Gasteiger partial charge in [0.15, 0.2) is 0 Å². The first-order chi connectivity index (χ1) is 9.00. The van der Waals surface area contributed by atoms with Crippen LogP contribution in [0, 0.1) is 13.8 Å². The molecule has 0 spiro atoms. The summed E-state index contributed by atoms with van der Waals surface area (Å²) in [7, 11) is 1.90. The molecule has 1 saturated heterocycles. The van der Waals surface area contributed by atoms with Crippen LogP contribution in [0.1, 0.15) is 44.0 Å². The van der Waals surface area contributed by atoms with Gasteiger partial charge >= 0.3 is 0 Å². The van der Waals surface area contributed by atoms with Gasteiger partial charge in [-0.25, -0.2) is 0 Å². The van der Waals surface area contributed by atoms with Crippen molar-refractivity contribution >= 4 is 11.6 Å². The third-order valence-corrected chi connectivity index (χ3v) is 4.10. The van der Waals surface area contributed by atoms with Crippen LogP contribution in [-0.2, 0) is 11.8 Å². The van der Waals surface area contributed by atoms with E-state index >= 15 is 0 Å². The first-order valence-corrected chi connectivity index (χ1v) is 7.07. The fraction of sp³-hybridized carbons (Fsp3) is 0.714. The second-order valence-corrected chi connectivity index (χ2v) is 5.49. The third kappa shape index (κ3) is 2.52. The molecule has 1 aromatic heterocycles. The predicted octanol–water partition coefficient (Wildman–Crippen LogP) is 1.90. The van der Waals surface area contributed by atoms with Gasteiger partial charge in [0.1, 0.15) is 0 Å². The molecular weight excluding hydrogens is 240 g/mol. The van der Waals surface area contributed by atoms with E-state index in [1.807, 2.05) is 20.9 Å². The van der Waals surface area contributed by atoms with Crippen molar-refractivity contribution in [3.8, 4) is 0 Å². The monoisotopic (exact) mass is 264 g/mol. The minimum absolute atomic E-state index is 0.0889. The van der Waals surface area contributed by atoms with Gasteiger partial charge in [0, 0.05) is 7.05 Å². The van der Waals surface area contributed by atoms with Crippen molar-refractivity contribution in [3.05, 3.63) is 11.4 Å². The number of aromatic nitrogens is 2. The van der Waals surface area contributed by atoms with Crippen molar-refractivity contribution in [1.29, 1.82) is 0 Å². The zero-order valence-electron chi connectivity index (χ0n) is 12.3. The Hall–Kier alpha value is -1.36. The highest BCUT2D eigenvalue weighted by atomic mass is 16.2. The summed E-state index contributed by atoms with van der Waals surface area (Å²) in [5, 5.41) is 10.8. The predicted molar refractivity (Wildman–Crippen MR) is 76.2 cm³/mol. The minimum Gasteiger partial charge on any atom is -0.321 e. The number of carbonyl (C=O) groups is 1. The zero-order chi connectivity index (χ0) is 14.0. The molecule has 1 aromatic rings. The molecule has 1 amide bonds. The molecule has 1 atom stereocenters. The highest BCUT2D eigenvalue weighted by Gasteiger charge is 2.40. The molecule has 0 bridgehead atoms. The lowest BCUT2D eigenvalue weighted by Gasteiger charge is -2.27. The first-order valence-electron chi connectivity index (χ1n) is 7.07. The Kier molecular flexibility index (Phi) is 3.94. The number of anilines is 1. The molecule has 0 saturated carbocycles. The number of nitrogens with zero attached hydrogens (tertiary/aromatic N) is 2. The highest BCUT2D eigenvalue weighted by Crippen LogP contribution is 2.28. The summed E-state index contributed by atoms with van der Waals surface area (Å²) in [6, 6.07) is 0. The average molecular weight is 264 g/mol. The zero-order valence-corrected chi connectivity index (χ0v) is 12.3. The molecule has 2 rings (SSSR count). The maximum Gasteiger partial charge on any atom is 0.244 e. The summed E-state index contributed by atoms with van der Waals surface area (Å²) in [6.07, 6.45) is 3.88. The Bertz CT molecular complexity index is 472. The Labute approximate surface area is 114 Å². The van der Waals surface area contributed by atoms with Gasteiger partial charge in [-0.2, -0.15) is 5.10 Å². The van der Waals surface area contributed by atoms with Crippen molar-refractivity contribution in [2.75, 3.05) is 11.9 Å². The Balaban J connectivity index is 2.20. The molecule has 0 aliphatic carbocycles.